The van der Waals surface area contributed by atoms with Crippen LogP contribution < -0.4 is 10.6 Å². The lowest BCUT2D eigenvalue weighted by Crippen LogP contribution is -2.33. The van der Waals surface area contributed by atoms with Gasteiger partial charge in [0, 0.05) is 26.5 Å². The van der Waals surface area contributed by atoms with Gasteiger partial charge < -0.3 is 15.2 Å². The van der Waals surface area contributed by atoms with Crippen LogP contribution in [0.25, 0.3) is 0 Å². The molecular formula is C9H15N3O. The molecule has 4 heteroatoms. The molecule has 0 aliphatic rings. The third kappa shape index (κ3) is 2.09. The van der Waals surface area contributed by atoms with Crippen molar-refractivity contribution in [2.75, 3.05) is 14.1 Å². The normalized spacial score (nSPS) is 12.5. The van der Waals surface area contributed by atoms with Crippen LogP contribution in [0.1, 0.15) is 11.6 Å². The summed E-state index contributed by atoms with van der Waals surface area (Å²) in [5, 5.41) is 5.57. The molecule has 0 spiro atoms. The number of hydrogen-bond donors (Lipinski definition) is 2. The average molecular weight is 181 g/mol. The van der Waals surface area contributed by atoms with E-state index in [1.54, 1.807) is 14.1 Å². The van der Waals surface area contributed by atoms with Gasteiger partial charge in [-0.15, -0.1) is 0 Å². The number of aromatic nitrogens is 1. The lowest BCUT2D eigenvalue weighted by atomic mass is 10.1. The van der Waals surface area contributed by atoms with E-state index in [1.807, 2.05) is 30.1 Å². The number of rotatable bonds is 3. The lowest BCUT2D eigenvalue weighted by Gasteiger charge is -2.12. The van der Waals surface area contributed by atoms with Gasteiger partial charge in [-0.3, -0.25) is 4.79 Å². The van der Waals surface area contributed by atoms with Crippen molar-refractivity contribution in [3.8, 4) is 0 Å². The topological polar surface area (TPSA) is 46.1 Å². The van der Waals surface area contributed by atoms with Gasteiger partial charge in [0.1, 0.15) is 6.04 Å². The second-order valence-electron chi connectivity index (χ2n) is 2.95. The van der Waals surface area contributed by atoms with Gasteiger partial charge in [0.25, 0.3) is 0 Å². The maximum atomic E-state index is 11.4. The Balaban J connectivity index is 2.84. The largest absolute Gasteiger partial charge is 0.358 e. The number of carbonyl (C=O) groups is 1. The first-order valence-corrected chi connectivity index (χ1v) is 4.19. The molecule has 1 aromatic rings. The van der Waals surface area contributed by atoms with Crippen LogP contribution in [0.2, 0.25) is 0 Å². The lowest BCUT2D eigenvalue weighted by molar-refractivity contribution is -0.122. The standard InChI is InChI=1S/C9H15N3O/c1-10-8(9(13)11-2)7-4-5-12(3)6-7/h4-6,8,10H,1-3H3,(H,11,13). The molecule has 13 heavy (non-hydrogen) atoms. The monoisotopic (exact) mass is 181 g/mol. The summed E-state index contributed by atoms with van der Waals surface area (Å²) >= 11 is 0. The Kier molecular flexibility index (Phi) is 3.08. The highest BCUT2D eigenvalue weighted by atomic mass is 16.2. The van der Waals surface area contributed by atoms with Crippen molar-refractivity contribution in [2.24, 2.45) is 7.05 Å². The Hall–Kier alpha value is -1.29. The van der Waals surface area contributed by atoms with Gasteiger partial charge in [0.15, 0.2) is 0 Å². The Labute approximate surface area is 77.9 Å². The maximum absolute atomic E-state index is 11.4. The summed E-state index contributed by atoms with van der Waals surface area (Å²) in [6.45, 7) is 0. The molecule has 4 nitrogen and oxygen atoms in total. The molecule has 1 unspecified atom stereocenters. The van der Waals surface area contributed by atoms with E-state index in [0.717, 1.165) is 5.56 Å². The molecule has 72 valence electrons. The van der Waals surface area contributed by atoms with Crippen LogP contribution >= 0.6 is 0 Å². The zero-order valence-electron chi connectivity index (χ0n) is 8.16. The summed E-state index contributed by atoms with van der Waals surface area (Å²) in [5.74, 6) is -0.0197. The predicted octanol–water partition coefficient (Wildman–Crippen LogP) is 0.0316. The number of amides is 1. The van der Waals surface area contributed by atoms with E-state index in [-0.39, 0.29) is 11.9 Å². The molecule has 1 heterocycles. The van der Waals surface area contributed by atoms with Crippen molar-refractivity contribution >= 4 is 5.91 Å². The summed E-state index contributed by atoms with van der Waals surface area (Å²) in [5.41, 5.74) is 0.976. The summed E-state index contributed by atoms with van der Waals surface area (Å²) in [4.78, 5) is 11.4. The fraction of sp³-hybridized carbons (Fsp3) is 0.444. The third-order valence-corrected chi connectivity index (χ3v) is 1.99. The molecule has 1 amide bonds. The van der Waals surface area contributed by atoms with Crippen molar-refractivity contribution < 1.29 is 4.79 Å². The second kappa shape index (κ2) is 4.09. The molecule has 0 aliphatic carbocycles. The molecule has 2 N–H and O–H groups in total. The van der Waals surface area contributed by atoms with E-state index in [9.17, 15) is 4.79 Å². The molecule has 0 bridgehead atoms. The number of nitrogens with zero attached hydrogens (tertiary/aromatic N) is 1. The summed E-state index contributed by atoms with van der Waals surface area (Å²) < 4.78 is 1.92. The molecule has 0 saturated carbocycles. The van der Waals surface area contributed by atoms with E-state index in [4.69, 9.17) is 0 Å². The number of hydrogen-bond acceptors (Lipinski definition) is 2. The minimum Gasteiger partial charge on any atom is -0.358 e. The first kappa shape index (κ1) is 9.80. The molecule has 1 rings (SSSR count). The molecule has 0 aliphatic heterocycles. The second-order valence-corrected chi connectivity index (χ2v) is 2.95. The van der Waals surface area contributed by atoms with E-state index in [2.05, 4.69) is 10.6 Å². The van der Waals surface area contributed by atoms with E-state index >= 15 is 0 Å². The average Bonchev–Trinajstić information content (AvgIpc) is 2.53. The van der Waals surface area contributed by atoms with Gasteiger partial charge in [-0.1, -0.05) is 0 Å². The van der Waals surface area contributed by atoms with Crippen molar-refractivity contribution in [2.45, 2.75) is 6.04 Å². The van der Waals surface area contributed by atoms with Crippen LogP contribution in [0.3, 0.4) is 0 Å². The first-order valence-electron chi connectivity index (χ1n) is 4.19. The summed E-state index contributed by atoms with van der Waals surface area (Å²) in [7, 11) is 5.34. The Bertz CT molecular complexity index is 293. The smallest absolute Gasteiger partial charge is 0.241 e. The number of likely N-dealkylation sites (N-methyl/N-ethyl adjacent to an activating group) is 2. The fourth-order valence-electron chi connectivity index (χ4n) is 1.29. The molecule has 0 aromatic carbocycles. The van der Waals surface area contributed by atoms with Crippen molar-refractivity contribution in [3.63, 3.8) is 0 Å². The molecule has 0 fully saturated rings. The zero-order chi connectivity index (χ0) is 9.84. The number of carbonyl (C=O) groups excluding carboxylic acids is 1. The molecule has 1 aromatic heterocycles. The van der Waals surface area contributed by atoms with Gasteiger partial charge in [-0.25, -0.2) is 0 Å². The van der Waals surface area contributed by atoms with Crippen LogP contribution in [0.15, 0.2) is 18.5 Å². The van der Waals surface area contributed by atoms with Gasteiger partial charge in [-0.05, 0) is 18.7 Å². The van der Waals surface area contributed by atoms with Gasteiger partial charge in [-0.2, -0.15) is 0 Å². The van der Waals surface area contributed by atoms with Crippen LogP contribution in [-0.2, 0) is 11.8 Å². The van der Waals surface area contributed by atoms with Crippen LogP contribution in [-0.4, -0.2) is 24.6 Å². The third-order valence-electron chi connectivity index (χ3n) is 1.99. The van der Waals surface area contributed by atoms with Crippen molar-refractivity contribution in [1.82, 2.24) is 15.2 Å². The molecule has 0 radical (unpaired) electrons. The minimum atomic E-state index is -0.258. The SMILES string of the molecule is CNC(=O)C(NC)c1ccn(C)c1. The summed E-state index contributed by atoms with van der Waals surface area (Å²) in [6, 6.07) is 1.67. The van der Waals surface area contributed by atoms with Crippen LogP contribution in [0.5, 0.6) is 0 Å². The van der Waals surface area contributed by atoms with Crippen molar-refractivity contribution in [1.29, 1.82) is 0 Å². The highest BCUT2D eigenvalue weighted by Gasteiger charge is 2.17. The van der Waals surface area contributed by atoms with E-state index in [0.29, 0.717) is 0 Å². The van der Waals surface area contributed by atoms with Crippen LogP contribution in [0, 0.1) is 0 Å². The molecule has 1 atom stereocenters. The predicted molar refractivity (Wildman–Crippen MR) is 51.3 cm³/mol. The molecular weight excluding hydrogens is 166 g/mol. The highest BCUT2D eigenvalue weighted by molar-refractivity contribution is 5.82. The fourth-order valence-corrected chi connectivity index (χ4v) is 1.29. The Morgan fingerprint density at radius 3 is 2.62 bits per heavy atom. The van der Waals surface area contributed by atoms with Crippen LogP contribution in [0.4, 0.5) is 0 Å². The first-order chi connectivity index (χ1) is 6.19. The Morgan fingerprint density at radius 2 is 2.23 bits per heavy atom. The number of aryl methyl sites for hydroxylation is 1. The highest BCUT2D eigenvalue weighted by Crippen LogP contribution is 2.12. The summed E-state index contributed by atoms with van der Waals surface area (Å²) in [6.07, 6.45) is 3.85. The number of nitrogens with one attached hydrogen (secondary N) is 2. The van der Waals surface area contributed by atoms with E-state index < -0.39 is 0 Å². The van der Waals surface area contributed by atoms with E-state index in [1.165, 1.54) is 0 Å². The van der Waals surface area contributed by atoms with Crippen molar-refractivity contribution in [3.05, 3.63) is 24.0 Å². The quantitative estimate of drug-likeness (QED) is 0.691. The Morgan fingerprint density at radius 1 is 1.54 bits per heavy atom. The van der Waals surface area contributed by atoms with Gasteiger partial charge in [0.2, 0.25) is 5.91 Å². The molecule has 0 saturated heterocycles. The minimum absolute atomic E-state index is 0.0197. The van der Waals surface area contributed by atoms with Gasteiger partial charge >= 0.3 is 0 Å². The maximum Gasteiger partial charge on any atom is 0.241 e. The van der Waals surface area contributed by atoms with Gasteiger partial charge in [0.05, 0.1) is 0 Å². The zero-order valence-corrected chi connectivity index (χ0v) is 8.16.